The lowest BCUT2D eigenvalue weighted by Crippen LogP contribution is -2.35. The Labute approximate surface area is 114 Å². The van der Waals surface area contributed by atoms with Crippen LogP contribution in [0.15, 0.2) is 6.20 Å². The van der Waals surface area contributed by atoms with E-state index in [0.29, 0.717) is 12.1 Å². The van der Waals surface area contributed by atoms with Crippen LogP contribution in [0, 0.1) is 6.92 Å². The standard InChI is InChI=1S/C14H23N3S/c1-9-6-12(8-17(9)13-4-5-13)16-11(3)14-15-7-10(2)18-14/h7,9,11-13,16H,4-6,8H2,1-3H3. The predicted molar refractivity (Wildman–Crippen MR) is 76.0 cm³/mol. The largest absolute Gasteiger partial charge is 0.304 e. The van der Waals surface area contributed by atoms with Crippen LogP contribution in [0.2, 0.25) is 0 Å². The highest BCUT2D eigenvalue weighted by atomic mass is 32.1. The maximum absolute atomic E-state index is 4.49. The molecule has 1 aliphatic carbocycles. The minimum Gasteiger partial charge on any atom is -0.304 e. The molecule has 1 aromatic heterocycles. The van der Waals surface area contributed by atoms with Crippen LogP contribution < -0.4 is 5.32 Å². The highest BCUT2D eigenvalue weighted by Crippen LogP contribution is 2.34. The Morgan fingerprint density at radius 2 is 2.28 bits per heavy atom. The Hall–Kier alpha value is -0.450. The summed E-state index contributed by atoms with van der Waals surface area (Å²) in [7, 11) is 0. The summed E-state index contributed by atoms with van der Waals surface area (Å²) in [4.78, 5) is 8.48. The number of hydrogen-bond acceptors (Lipinski definition) is 4. The summed E-state index contributed by atoms with van der Waals surface area (Å²) < 4.78 is 0. The third-order valence-corrected chi connectivity index (χ3v) is 5.23. The summed E-state index contributed by atoms with van der Waals surface area (Å²) in [5.74, 6) is 0. The third-order valence-electron chi connectivity index (χ3n) is 4.13. The molecule has 1 N–H and O–H groups in total. The SMILES string of the molecule is Cc1cnc(C(C)NC2CC(C)N(C3CC3)C2)s1. The van der Waals surface area contributed by atoms with Crippen molar-refractivity contribution >= 4 is 11.3 Å². The lowest BCUT2D eigenvalue weighted by Gasteiger charge is -2.20. The maximum atomic E-state index is 4.49. The van der Waals surface area contributed by atoms with Crippen LogP contribution in [-0.4, -0.2) is 34.6 Å². The van der Waals surface area contributed by atoms with Gasteiger partial charge in [-0.3, -0.25) is 4.90 Å². The smallest absolute Gasteiger partial charge is 0.109 e. The van der Waals surface area contributed by atoms with E-state index in [1.807, 2.05) is 17.5 Å². The third kappa shape index (κ3) is 2.60. The van der Waals surface area contributed by atoms with Crippen molar-refractivity contribution in [3.8, 4) is 0 Å². The first kappa shape index (κ1) is 12.6. The zero-order chi connectivity index (χ0) is 12.7. The average Bonchev–Trinajstić information content (AvgIpc) is 2.97. The molecule has 2 fully saturated rings. The van der Waals surface area contributed by atoms with Gasteiger partial charge in [0, 0.05) is 35.7 Å². The first-order valence-corrected chi connectivity index (χ1v) is 7.89. The molecule has 2 aliphatic rings. The molecule has 1 aromatic rings. The second-order valence-corrected chi connectivity index (χ2v) is 7.17. The van der Waals surface area contributed by atoms with Crippen molar-refractivity contribution in [1.29, 1.82) is 0 Å². The molecule has 3 rings (SSSR count). The molecule has 100 valence electrons. The fraction of sp³-hybridized carbons (Fsp3) is 0.786. The van der Waals surface area contributed by atoms with Crippen molar-refractivity contribution in [2.75, 3.05) is 6.54 Å². The van der Waals surface area contributed by atoms with Gasteiger partial charge in [-0.1, -0.05) is 0 Å². The Morgan fingerprint density at radius 1 is 1.50 bits per heavy atom. The van der Waals surface area contributed by atoms with Crippen molar-refractivity contribution in [3.63, 3.8) is 0 Å². The van der Waals surface area contributed by atoms with Crippen molar-refractivity contribution in [2.45, 2.75) is 64.2 Å². The van der Waals surface area contributed by atoms with Gasteiger partial charge < -0.3 is 5.32 Å². The summed E-state index contributed by atoms with van der Waals surface area (Å²) >= 11 is 1.81. The van der Waals surface area contributed by atoms with Gasteiger partial charge in [0.25, 0.3) is 0 Å². The number of aromatic nitrogens is 1. The maximum Gasteiger partial charge on any atom is 0.109 e. The Bertz CT molecular complexity index is 413. The molecule has 0 spiro atoms. The number of likely N-dealkylation sites (tertiary alicyclic amines) is 1. The molecule has 2 heterocycles. The number of rotatable bonds is 4. The Balaban J connectivity index is 1.57. The quantitative estimate of drug-likeness (QED) is 0.907. The Morgan fingerprint density at radius 3 is 2.89 bits per heavy atom. The minimum absolute atomic E-state index is 0.389. The van der Waals surface area contributed by atoms with E-state index >= 15 is 0 Å². The number of thiazole rings is 1. The molecular weight excluding hydrogens is 242 g/mol. The molecule has 3 atom stereocenters. The highest BCUT2D eigenvalue weighted by molar-refractivity contribution is 7.11. The number of aryl methyl sites for hydroxylation is 1. The van der Waals surface area contributed by atoms with Crippen molar-refractivity contribution in [1.82, 2.24) is 15.2 Å². The van der Waals surface area contributed by atoms with Gasteiger partial charge in [-0.05, 0) is 40.0 Å². The summed E-state index contributed by atoms with van der Waals surface area (Å²) in [5, 5.41) is 4.98. The molecule has 4 heteroatoms. The molecule has 0 radical (unpaired) electrons. The van der Waals surface area contributed by atoms with Gasteiger partial charge in [-0.15, -0.1) is 11.3 Å². The van der Waals surface area contributed by atoms with Crippen LogP contribution in [0.3, 0.4) is 0 Å². The van der Waals surface area contributed by atoms with E-state index in [2.05, 4.69) is 36.0 Å². The van der Waals surface area contributed by atoms with Gasteiger partial charge >= 0.3 is 0 Å². The number of nitrogens with one attached hydrogen (secondary N) is 1. The average molecular weight is 265 g/mol. The molecule has 3 nitrogen and oxygen atoms in total. The molecule has 0 bridgehead atoms. The van der Waals surface area contributed by atoms with Gasteiger partial charge in [-0.25, -0.2) is 4.98 Å². The Kier molecular flexibility index (Phi) is 3.43. The van der Waals surface area contributed by atoms with Crippen LogP contribution in [0.4, 0.5) is 0 Å². The van der Waals surface area contributed by atoms with Crippen molar-refractivity contribution in [3.05, 3.63) is 16.1 Å². The summed E-state index contributed by atoms with van der Waals surface area (Å²) in [6.45, 7) is 7.96. The molecule has 0 aromatic carbocycles. The molecule has 1 saturated carbocycles. The molecule has 0 amide bonds. The van der Waals surface area contributed by atoms with E-state index in [1.54, 1.807) is 0 Å². The van der Waals surface area contributed by atoms with E-state index < -0.39 is 0 Å². The van der Waals surface area contributed by atoms with Gasteiger partial charge in [0.05, 0.1) is 6.04 Å². The highest BCUT2D eigenvalue weighted by Gasteiger charge is 2.39. The van der Waals surface area contributed by atoms with Gasteiger partial charge in [0.1, 0.15) is 5.01 Å². The van der Waals surface area contributed by atoms with Crippen molar-refractivity contribution in [2.24, 2.45) is 0 Å². The van der Waals surface area contributed by atoms with Crippen LogP contribution >= 0.6 is 11.3 Å². The van der Waals surface area contributed by atoms with Crippen molar-refractivity contribution < 1.29 is 0 Å². The summed E-state index contributed by atoms with van der Waals surface area (Å²) in [5.41, 5.74) is 0. The normalized spacial score (nSPS) is 30.8. The van der Waals surface area contributed by atoms with Gasteiger partial charge in [0.2, 0.25) is 0 Å². The first-order valence-electron chi connectivity index (χ1n) is 7.07. The zero-order valence-electron chi connectivity index (χ0n) is 11.5. The van der Waals surface area contributed by atoms with Gasteiger partial charge in [0.15, 0.2) is 0 Å². The van der Waals surface area contributed by atoms with E-state index in [0.717, 1.165) is 12.1 Å². The van der Waals surface area contributed by atoms with E-state index in [4.69, 9.17) is 0 Å². The lowest BCUT2D eigenvalue weighted by molar-refractivity contribution is 0.254. The molecule has 18 heavy (non-hydrogen) atoms. The van der Waals surface area contributed by atoms with Crippen LogP contribution in [0.1, 0.15) is 49.0 Å². The fourth-order valence-electron chi connectivity index (χ4n) is 3.09. The molecule has 3 unspecified atom stereocenters. The number of hydrogen-bond donors (Lipinski definition) is 1. The number of nitrogens with zero attached hydrogens (tertiary/aromatic N) is 2. The van der Waals surface area contributed by atoms with Crippen LogP contribution in [0.25, 0.3) is 0 Å². The molecule has 1 saturated heterocycles. The topological polar surface area (TPSA) is 28.2 Å². The van der Waals surface area contributed by atoms with Gasteiger partial charge in [-0.2, -0.15) is 0 Å². The van der Waals surface area contributed by atoms with Crippen LogP contribution in [0.5, 0.6) is 0 Å². The van der Waals surface area contributed by atoms with E-state index in [9.17, 15) is 0 Å². The minimum atomic E-state index is 0.389. The van der Waals surface area contributed by atoms with E-state index in [1.165, 1.54) is 35.7 Å². The molecular formula is C14H23N3S. The summed E-state index contributed by atoms with van der Waals surface area (Å²) in [6.07, 6.45) is 6.09. The fourth-order valence-corrected chi connectivity index (χ4v) is 3.87. The second-order valence-electron chi connectivity index (χ2n) is 5.91. The lowest BCUT2D eigenvalue weighted by atomic mass is 10.1. The predicted octanol–water partition coefficient (Wildman–Crippen LogP) is 2.73. The second kappa shape index (κ2) is 4.91. The monoisotopic (exact) mass is 265 g/mol. The van der Waals surface area contributed by atoms with Crippen LogP contribution in [-0.2, 0) is 0 Å². The first-order chi connectivity index (χ1) is 8.63. The zero-order valence-corrected chi connectivity index (χ0v) is 12.3. The van der Waals surface area contributed by atoms with E-state index in [-0.39, 0.29) is 0 Å². The summed E-state index contributed by atoms with van der Waals surface area (Å²) in [6, 6.07) is 2.67. The molecule has 1 aliphatic heterocycles.